The Hall–Kier alpha value is -0.550. The topological polar surface area (TPSA) is 46.2 Å². The Bertz CT molecular complexity index is 414. The molecule has 1 rings (SSSR count). The molecular weight excluding hydrogens is 254 g/mol. The second-order valence-electron chi connectivity index (χ2n) is 2.81. The molecule has 0 aliphatic heterocycles. The predicted molar refractivity (Wildman–Crippen MR) is 57.3 cm³/mol. The normalized spacial score (nSPS) is 11.3. The second kappa shape index (κ2) is 3.67. The maximum atomic E-state index is 10.9. The maximum absolute atomic E-state index is 10.9. The first-order valence-electron chi connectivity index (χ1n) is 3.63. The van der Waals surface area contributed by atoms with Crippen molar-refractivity contribution in [3.05, 3.63) is 28.2 Å². The Morgan fingerprint density at radius 3 is 2.54 bits per heavy atom. The van der Waals surface area contributed by atoms with Gasteiger partial charge >= 0.3 is 0 Å². The van der Waals surface area contributed by atoms with Crippen molar-refractivity contribution in [3.8, 4) is 0 Å². The van der Waals surface area contributed by atoms with Crippen LogP contribution < -0.4 is 4.72 Å². The van der Waals surface area contributed by atoms with E-state index < -0.39 is 10.0 Å². The fraction of sp³-hybridized carbons (Fsp3) is 0.250. The number of sulfonamides is 1. The van der Waals surface area contributed by atoms with Gasteiger partial charge in [0.05, 0.1) is 11.9 Å². The van der Waals surface area contributed by atoms with Crippen LogP contribution in [-0.2, 0) is 10.0 Å². The quantitative estimate of drug-likeness (QED) is 0.889. The van der Waals surface area contributed by atoms with E-state index in [4.69, 9.17) is 0 Å². The van der Waals surface area contributed by atoms with Gasteiger partial charge in [-0.15, -0.1) is 0 Å². The number of hydrogen-bond donors (Lipinski definition) is 1. The minimum Gasteiger partial charge on any atom is -0.283 e. The number of hydrogen-bond acceptors (Lipinski definition) is 2. The van der Waals surface area contributed by atoms with E-state index in [1.165, 1.54) is 0 Å². The third kappa shape index (κ3) is 3.00. The minimum atomic E-state index is -3.20. The number of aryl methyl sites for hydroxylation is 1. The molecule has 1 aromatic carbocycles. The molecule has 0 unspecified atom stereocenters. The largest absolute Gasteiger partial charge is 0.283 e. The molecule has 0 saturated carbocycles. The van der Waals surface area contributed by atoms with Crippen LogP contribution in [0.2, 0.25) is 0 Å². The lowest BCUT2D eigenvalue weighted by atomic mass is 10.2. The van der Waals surface area contributed by atoms with Crippen molar-refractivity contribution >= 4 is 31.6 Å². The van der Waals surface area contributed by atoms with Crippen molar-refractivity contribution in [1.29, 1.82) is 0 Å². The lowest BCUT2D eigenvalue weighted by Gasteiger charge is -2.07. The van der Waals surface area contributed by atoms with Crippen LogP contribution in [0.5, 0.6) is 0 Å². The molecule has 0 heterocycles. The average molecular weight is 264 g/mol. The molecule has 0 fully saturated rings. The highest BCUT2D eigenvalue weighted by atomic mass is 79.9. The zero-order chi connectivity index (χ0) is 10.1. The summed E-state index contributed by atoms with van der Waals surface area (Å²) < 4.78 is 25.1. The molecule has 3 nitrogen and oxygen atoms in total. The van der Waals surface area contributed by atoms with E-state index in [2.05, 4.69) is 20.7 Å². The van der Waals surface area contributed by atoms with Gasteiger partial charge in [-0.3, -0.25) is 4.72 Å². The van der Waals surface area contributed by atoms with Crippen LogP contribution in [0.1, 0.15) is 5.56 Å². The van der Waals surface area contributed by atoms with Crippen molar-refractivity contribution in [2.75, 3.05) is 11.0 Å². The summed E-state index contributed by atoms with van der Waals surface area (Å²) in [7, 11) is -3.20. The first-order valence-corrected chi connectivity index (χ1v) is 6.31. The Kier molecular flexibility index (Phi) is 2.98. The highest BCUT2D eigenvalue weighted by Gasteiger charge is 2.06. The SMILES string of the molecule is Cc1cccc(NS(C)(=O)=O)c1Br. The smallest absolute Gasteiger partial charge is 0.229 e. The van der Waals surface area contributed by atoms with Crippen LogP contribution in [0.4, 0.5) is 5.69 Å². The fourth-order valence-electron chi connectivity index (χ4n) is 0.926. The molecule has 1 N–H and O–H groups in total. The first-order chi connectivity index (χ1) is 5.90. The van der Waals surface area contributed by atoms with Gasteiger partial charge in [0.25, 0.3) is 0 Å². The second-order valence-corrected chi connectivity index (χ2v) is 5.35. The molecule has 0 atom stereocenters. The van der Waals surface area contributed by atoms with Gasteiger partial charge in [-0.05, 0) is 34.5 Å². The van der Waals surface area contributed by atoms with Crippen LogP contribution >= 0.6 is 15.9 Å². The lowest BCUT2D eigenvalue weighted by Crippen LogP contribution is -2.10. The first kappa shape index (κ1) is 10.5. The Morgan fingerprint density at radius 1 is 1.38 bits per heavy atom. The van der Waals surface area contributed by atoms with Gasteiger partial charge in [0.2, 0.25) is 10.0 Å². The van der Waals surface area contributed by atoms with E-state index in [-0.39, 0.29) is 0 Å². The van der Waals surface area contributed by atoms with Crippen molar-refractivity contribution in [3.63, 3.8) is 0 Å². The van der Waals surface area contributed by atoms with Crippen molar-refractivity contribution in [2.24, 2.45) is 0 Å². The molecule has 0 aromatic heterocycles. The number of nitrogens with one attached hydrogen (secondary N) is 1. The summed E-state index contributed by atoms with van der Waals surface area (Å²) in [6.07, 6.45) is 1.13. The maximum Gasteiger partial charge on any atom is 0.229 e. The Labute approximate surface area is 86.3 Å². The molecule has 0 saturated heterocycles. The van der Waals surface area contributed by atoms with E-state index >= 15 is 0 Å². The Morgan fingerprint density at radius 2 is 2.00 bits per heavy atom. The van der Waals surface area contributed by atoms with Crippen LogP contribution in [0.25, 0.3) is 0 Å². The molecule has 0 amide bonds. The van der Waals surface area contributed by atoms with Gasteiger partial charge in [0.15, 0.2) is 0 Å². The summed E-state index contributed by atoms with van der Waals surface area (Å²) in [4.78, 5) is 0. The lowest BCUT2D eigenvalue weighted by molar-refractivity contribution is 0.607. The van der Waals surface area contributed by atoms with Crippen molar-refractivity contribution < 1.29 is 8.42 Å². The molecule has 72 valence electrons. The highest BCUT2D eigenvalue weighted by Crippen LogP contribution is 2.26. The van der Waals surface area contributed by atoms with Gasteiger partial charge in [-0.1, -0.05) is 12.1 Å². The van der Waals surface area contributed by atoms with Crippen LogP contribution in [0.3, 0.4) is 0 Å². The number of halogens is 1. The highest BCUT2D eigenvalue weighted by molar-refractivity contribution is 9.10. The van der Waals surface area contributed by atoms with Crippen molar-refractivity contribution in [1.82, 2.24) is 0 Å². The molecule has 0 radical (unpaired) electrons. The van der Waals surface area contributed by atoms with Crippen LogP contribution in [0, 0.1) is 6.92 Å². The van der Waals surface area contributed by atoms with E-state index in [1.54, 1.807) is 12.1 Å². The zero-order valence-corrected chi connectivity index (χ0v) is 9.74. The predicted octanol–water partition coefficient (Wildman–Crippen LogP) is 2.13. The monoisotopic (exact) mass is 263 g/mol. The van der Waals surface area contributed by atoms with Gasteiger partial charge in [0, 0.05) is 4.47 Å². The van der Waals surface area contributed by atoms with E-state index in [0.717, 1.165) is 16.3 Å². The summed E-state index contributed by atoms with van der Waals surface area (Å²) >= 11 is 3.31. The zero-order valence-electron chi connectivity index (χ0n) is 7.33. The summed E-state index contributed by atoms with van der Waals surface area (Å²) in [6.45, 7) is 1.90. The van der Waals surface area contributed by atoms with E-state index in [0.29, 0.717) is 5.69 Å². The van der Waals surface area contributed by atoms with E-state index in [1.807, 2.05) is 13.0 Å². The summed E-state index contributed by atoms with van der Waals surface area (Å²) in [5.41, 5.74) is 1.57. The van der Waals surface area contributed by atoms with Gasteiger partial charge in [-0.2, -0.15) is 0 Å². The number of rotatable bonds is 2. The summed E-state index contributed by atoms with van der Waals surface area (Å²) in [5.74, 6) is 0. The summed E-state index contributed by atoms with van der Waals surface area (Å²) in [6, 6.07) is 5.41. The van der Waals surface area contributed by atoms with Gasteiger partial charge in [-0.25, -0.2) is 8.42 Å². The van der Waals surface area contributed by atoms with Crippen LogP contribution in [-0.4, -0.2) is 14.7 Å². The van der Waals surface area contributed by atoms with Gasteiger partial charge in [0.1, 0.15) is 0 Å². The van der Waals surface area contributed by atoms with Crippen LogP contribution in [0.15, 0.2) is 22.7 Å². The summed E-state index contributed by atoms with van der Waals surface area (Å²) in [5, 5.41) is 0. The molecular formula is C8H10BrNO2S. The van der Waals surface area contributed by atoms with Crippen molar-refractivity contribution in [2.45, 2.75) is 6.92 Å². The Balaban J connectivity index is 3.10. The van der Waals surface area contributed by atoms with Gasteiger partial charge < -0.3 is 0 Å². The molecule has 0 spiro atoms. The molecule has 0 aliphatic rings. The molecule has 1 aromatic rings. The molecule has 0 bridgehead atoms. The minimum absolute atomic E-state index is 0.572. The number of anilines is 1. The number of benzene rings is 1. The average Bonchev–Trinajstić information content (AvgIpc) is 1.96. The molecule has 13 heavy (non-hydrogen) atoms. The third-order valence-electron chi connectivity index (χ3n) is 1.49. The van der Waals surface area contributed by atoms with E-state index in [9.17, 15) is 8.42 Å². The standard InChI is InChI=1S/C8H10BrNO2S/c1-6-4-3-5-7(8(6)9)10-13(2,11)12/h3-5,10H,1-2H3. The molecule has 5 heteroatoms. The fourth-order valence-corrected chi connectivity index (χ4v) is 1.99. The molecule has 0 aliphatic carbocycles. The third-order valence-corrected chi connectivity index (χ3v) is 3.13.